The van der Waals surface area contributed by atoms with Crippen LogP contribution in [0.15, 0.2) is 48.8 Å². The minimum Gasteiger partial charge on any atom is -0.378 e. The van der Waals surface area contributed by atoms with Gasteiger partial charge in [0.15, 0.2) is 6.20 Å². The van der Waals surface area contributed by atoms with Crippen LogP contribution in [0.3, 0.4) is 0 Å². The first-order valence-corrected chi connectivity index (χ1v) is 8.22. The van der Waals surface area contributed by atoms with E-state index in [-0.39, 0.29) is 0 Å². The van der Waals surface area contributed by atoms with E-state index in [2.05, 4.69) is 69.1 Å². The van der Waals surface area contributed by atoms with Crippen molar-refractivity contribution in [2.75, 3.05) is 28.2 Å². The number of benzene rings is 1. The number of pyridine rings is 1. The van der Waals surface area contributed by atoms with Crippen LogP contribution in [0.25, 0.3) is 16.6 Å². The standard InChI is InChI=1S/C16H21N3.ClHO4/c1-17(2)12-15(13-18(3)4)19-11-7-9-14-8-5-6-10-16(14)19;2-1(3,4)5/h5-13H,1-4H3;(H,2,3,4,5)/q+2;/p-1. The van der Waals surface area contributed by atoms with Crippen LogP contribution in [-0.2, 0) is 0 Å². The number of rotatable bonds is 3. The van der Waals surface area contributed by atoms with Gasteiger partial charge in [0.2, 0.25) is 11.7 Å². The highest BCUT2D eigenvalue weighted by Gasteiger charge is 2.15. The molecular weight excluding hydrogens is 334 g/mol. The molecule has 0 aliphatic carbocycles. The zero-order valence-electron chi connectivity index (χ0n) is 14.0. The number of nitrogens with zero attached hydrogens (tertiary/aromatic N) is 3. The maximum absolute atomic E-state index is 8.49. The Labute approximate surface area is 143 Å². The van der Waals surface area contributed by atoms with E-state index in [1.54, 1.807) is 0 Å². The fourth-order valence-corrected chi connectivity index (χ4v) is 2.07. The van der Waals surface area contributed by atoms with Crippen molar-refractivity contribution in [3.8, 4) is 0 Å². The predicted octanol–water partition coefficient (Wildman–Crippen LogP) is -2.93. The Morgan fingerprint density at radius 1 is 1.04 bits per heavy atom. The molecule has 0 unspecified atom stereocenters. The van der Waals surface area contributed by atoms with Gasteiger partial charge in [-0.05, 0) is 12.1 Å². The van der Waals surface area contributed by atoms with Gasteiger partial charge in [0, 0.05) is 31.6 Å². The van der Waals surface area contributed by atoms with Gasteiger partial charge in [-0.2, -0.15) is 4.57 Å². The summed E-state index contributed by atoms with van der Waals surface area (Å²) in [4.78, 5) is 2.06. The molecule has 1 aromatic carbocycles. The minimum absolute atomic E-state index is 1.13. The molecule has 0 bridgehead atoms. The maximum atomic E-state index is 8.49. The lowest BCUT2D eigenvalue weighted by Gasteiger charge is -2.17. The third-order valence-electron chi connectivity index (χ3n) is 2.77. The molecule has 2 aromatic rings. The molecule has 0 saturated heterocycles. The molecule has 0 amide bonds. The first kappa shape index (κ1) is 20.0. The Balaban J connectivity index is 0.000000505. The lowest BCUT2D eigenvalue weighted by atomic mass is 10.2. The van der Waals surface area contributed by atoms with Gasteiger partial charge >= 0.3 is 0 Å². The Kier molecular flexibility index (Phi) is 7.27. The van der Waals surface area contributed by atoms with Crippen molar-refractivity contribution in [3.63, 3.8) is 0 Å². The highest BCUT2D eigenvalue weighted by molar-refractivity contribution is 5.95. The molecule has 1 aromatic heterocycles. The molecule has 8 heteroatoms. The van der Waals surface area contributed by atoms with Gasteiger partial charge in [-0.3, -0.25) is 0 Å². The average Bonchev–Trinajstić information content (AvgIpc) is 2.43. The second-order valence-corrected chi connectivity index (χ2v) is 6.18. The topological polar surface area (TPSA) is 102 Å². The molecule has 7 nitrogen and oxygen atoms in total. The van der Waals surface area contributed by atoms with Crippen molar-refractivity contribution < 1.29 is 38.0 Å². The number of hydrogen-bond donors (Lipinski definition) is 0. The van der Waals surface area contributed by atoms with Crippen LogP contribution in [0.4, 0.5) is 0 Å². The molecule has 0 radical (unpaired) electrons. The first-order chi connectivity index (χ1) is 11.1. The third kappa shape index (κ3) is 7.49. The van der Waals surface area contributed by atoms with E-state index in [0.29, 0.717) is 0 Å². The molecular formula is C16H21ClN3O4+. The number of hydrogen-bond acceptors (Lipinski definition) is 5. The van der Waals surface area contributed by atoms with E-state index in [1.165, 1.54) is 10.9 Å². The Bertz CT molecular complexity index is 724. The van der Waals surface area contributed by atoms with Crippen LogP contribution in [0.5, 0.6) is 0 Å². The molecule has 130 valence electrons. The van der Waals surface area contributed by atoms with Crippen molar-refractivity contribution in [2.24, 2.45) is 0 Å². The summed E-state index contributed by atoms with van der Waals surface area (Å²) in [6, 6.07) is 12.6. The highest BCUT2D eigenvalue weighted by Crippen LogP contribution is 2.09. The molecule has 0 atom stereocenters. The maximum Gasteiger partial charge on any atom is 0.290 e. The van der Waals surface area contributed by atoms with Gasteiger partial charge < -0.3 is 4.90 Å². The SMILES string of the molecule is CN(C)/C=C(/C=[N+](C)C)[n+]1cccc2ccccc21.[O-][Cl+3]([O-])([O-])[O-]. The fraction of sp³-hybridized carbons (Fsp3) is 0.250. The Morgan fingerprint density at radius 2 is 1.58 bits per heavy atom. The summed E-state index contributed by atoms with van der Waals surface area (Å²) in [7, 11) is 3.20. The molecule has 0 fully saturated rings. The first-order valence-electron chi connectivity index (χ1n) is 6.99. The number of halogens is 1. The lowest BCUT2D eigenvalue weighted by molar-refractivity contribution is -2.00. The van der Waals surface area contributed by atoms with E-state index >= 15 is 0 Å². The number of fused-ring (bicyclic) bond motifs is 1. The van der Waals surface area contributed by atoms with Crippen molar-refractivity contribution in [1.82, 2.24) is 4.90 Å². The predicted molar refractivity (Wildman–Crippen MR) is 80.3 cm³/mol. The second kappa shape index (κ2) is 8.72. The van der Waals surface area contributed by atoms with Gasteiger partial charge in [-0.25, -0.2) is 23.2 Å². The summed E-state index contributed by atoms with van der Waals surface area (Å²) in [6.07, 6.45) is 6.33. The van der Waals surface area contributed by atoms with Crippen molar-refractivity contribution in [2.45, 2.75) is 0 Å². The van der Waals surface area contributed by atoms with Crippen LogP contribution in [0.1, 0.15) is 0 Å². The Hall–Kier alpha value is -2.03. The normalized spacial score (nSPS) is 11.6. The van der Waals surface area contributed by atoms with E-state index in [4.69, 9.17) is 18.6 Å². The molecule has 0 N–H and O–H groups in total. The van der Waals surface area contributed by atoms with Gasteiger partial charge in [-0.15, -0.1) is 10.2 Å². The van der Waals surface area contributed by atoms with Crippen LogP contribution < -0.4 is 23.2 Å². The van der Waals surface area contributed by atoms with Crippen molar-refractivity contribution in [1.29, 1.82) is 0 Å². The number of para-hydroxylation sites is 1. The van der Waals surface area contributed by atoms with Crippen LogP contribution in [-0.4, -0.2) is 43.9 Å². The monoisotopic (exact) mass is 354 g/mol. The summed E-state index contributed by atoms with van der Waals surface area (Å²) >= 11 is 0. The highest BCUT2D eigenvalue weighted by atomic mass is 35.7. The minimum atomic E-state index is -4.94. The average molecular weight is 355 g/mol. The molecule has 24 heavy (non-hydrogen) atoms. The smallest absolute Gasteiger partial charge is 0.290 e. The van der Waals surface area contributed by atoms with Gasteiger partial charge in [0.1, 0.15) is 14.1 Å². The van der Waals surface area contributed by atoms with E-state index in [9.17, 15) is 0 Å². The van der Waals surface area contributed by atoms with Crippen LogP contribution in [0, 0.1) is 10.2 Å². The summed E-state index contributed by atoms with van der Waals surface area (Å²) in [5, 5.41) is 1.24. The number of allylic oxidation sites excluding steroid dienone is 1. The molecule has 0 aliphatic heterocycles. The van der Waals surface area contributed by atoms with Gasteiger partial charge in [0.05, 0.1) is 6.20 Å². The summed E-state index contributed by atoms with van der Waals surface area (Å²) in [5.74, 6) is 0. The second-order valence-electron chi connectivity index (χ2n) is 5.43. The molecule has 1 heterocycles. The molecule has 2 rings (SSSR count). The van der Waals surface area contributed by atoms with E-state index < -0.39 is 10.2 Å². The molecule has 0 saturated carbocycles. The summed E-state index contributed by atoms with van der Waals surface area (Å²) < 4.78 is 38.2. The van der Waals surface area contributed by atoms with Crippen LogP contribution in [0.2, 0.25) is 0 Å². The summed E-state index contributed by atoms with van der Waals surface area (Å²) in [6.45, 7) is 0. The van der Waals surface area contributed by atoms with Gasteiger partial charge in [0.25, 0.3) is 5.70 Å². The quantitative estimate of drug-likeness (QED) is 0.434. The molecule has 0 aliphatic rings. The largest absolute Gasteiger partial charge is 0.378 e. The van der Waals surface area contributed by atoms with Crippen molar-refractivity contribution in [3.05, 3.63) is 48.8 Å². The fourth-order valence-electron chi connectivity index (χ4n) is 2.07. The lowest BCUT2D eigenvalue weighted by Crippen LogP contribution is -2.68. The Morgan fingerprint density at radius 3 is 2.12 bits per heavy atom. The van der Waals surface area contributed by atoms with Crippen molar-refractivity contribution >= 4 is 22.8 Å². The van der Waals surface area contributed by atoms with E-state index in [1.807, 2.05) is 28.2 Å². The summed E-state index contributed by atoms with van der Waals surface area (Å²) in [5.41, 5.74) is 2.34. The zero-order chi connectivity index (χ0) is 18.3. The zero-order valence-corrected chi connectivity index (χ0v) is 14.8. The van der Waals surface area contributed by atoms with Gasteiger partial charge in [-0.1, -0.05) is 12.1 Å². The van der Waals surface area contributed by atoms with Crippen LogP contribution >= 0.6 is 0 Å². The number of aromatic nitrogens is 1. The third-order valence-corrected chi connectivity index (χ3v) is 2.77. The molecule has 0 spiro atoms. The van der Waals surface area contributed by atoms with E-state index in [0.717, 1.165) is 5.70 Å².